The summed E-state index contributed by atoms with van der Waals surface area (Å²) in [6, 6.07) is 70.4. The highest BCUT2D eigenvalue weighted by atomic mass is 16.3. The van der Waals surface area contributed by atoms with Gasteiger partial charge < -0.3 is 9.32 Å². The van der Waals surface area contributed by atoms with Crippen molar-refractivity contribution in [3.05, 3.63) is 216 Å². The molecule has 0 amide bonds. The van der Waals surface area contributed by atoms with Crippen LogP contribution in [0.15, 0.2) is 199 Å². The molecule has 55 heavy (non-hydrogen) atoms. The molecule has 9 aromatic carbocycles. The Morgan fingerprint density at radius 2 is 0.945 bits per heavy atom. The summed E-state index contributed by atoms with van der Waals surface area (Å²) in [5.41, 5.74) is 16.0. The number of benzene rings is 9. The number of hydrogen-bond acceptors (Lipinski definition) is 3. The third-order valence-corrected chi connectivity index (χ3v) is 11.9. The van der Waals surface area contributed by atoms with Crippen molar-refractivity contribution in [2.45, 2.75) is 5.41 Å². The Morgan fingerprint density at radius 3 is 1.64 bits per heavy atom. The molecule has 0 N–H and O–H groups in total. The van der Waals surface area contributed by atoms with Crippen molar-refractivity contribution in [1.82, 2.24) is 4.98 Å². The van der Waals surface area contributed by atoms with Crippen molar-refractivity contribution < 1.29 is 4.42 Å². The predicted molar refractivity (Wildman–Crippen MR) is 225 cm³/mol. The van der Waals surface area contributed by atoms with Gasteiger partial charge in [-0.2, -0.15) is 0 Å². The molecule has 10 aromatic rings. The first kappa shape index (κ1) is 30.3. The maximum absolute atomic E-state index is 6.61. The first-order chi connectivity index (χ1) is 27.3. The van der Waals surface area contributed by atoms with E-state index in [0.717, 1.165) is 55.3 Å². The quantitative estimate of drug-likeness (QED) is 0.171. The van der Waals surface area contributed by atoms with Gasteiger partial charge in [-0.1, -0.05) is 140 Å². The van der Waals surface area contributed by atoms with E-state index in [9.17, 15) is 0 Å². The molecule has 0 radical (unpaired) electrons. The molecule has 2 aliphatic carbocycles. The van der Waals surface area contributed by atoms with Crippen LogP contribution in [-0.4, -0.2) is 4.98 Å². The molecular formula is C52H32N2O. The highest BCUT2D eigenvalue weighted by molar-refractivity contribution is 6.18. The molecule has 2 aliphatic rings. The van der Waals surface area contributed by atoms with Crippen LogP contribution in [0.2, 0.25) is 0 Å². The third kappa shape index (κ3) is 4.18. The second-order valence-electron chi connectivity index (χ2n) is 14.7. The predicted octanol–water partition coefficient (Wildman–Crippen LogP) is 13.6. The van der Waals surface area contributed by atoms with Gasteiger partial charge in [0.15, 0.2) is 5.58 Å². The summed E-state index contributed by atoms with van der Waals surface area (Å²) < 4.78 is 6.61. The average Bonchev–Trinajstić information content (AvgIpc) is 3.92. The number of para-hydroxylation sites is 1. The molecular weight excluding hydrogens is 669 g/mol. The zero-order chi connectivity index (χ0) is 36.1. The molecule has 3 heteroatoms. The van der Waals surface area contributed by atoms with Crippen LogP contribution in [0.1, 0.15) is 22.3 Å². The minimum atomic E-state index is -0.425. The van der Waals surface area contributed by atoms with Crippen LogP contribution in [0, 0.1) is 0 Å². The van der Waals surface area contributed by atoms with Crippen molar-refractivity contribution >= 4 is 49.7 Å². The Hall–Kier alpha value is -7.23. The smallest absolute Gasteiger partial charge is 0.227 e. The van der Waals surface area contributed by atoms with Crippen LogP contribution in [0.3, 0.4) is 0 Å². The molecule has 0 saturated heterocycles. The second kappa shape index (κ2) is 11.4. The van der Waals surface area contributed by atoms with Gasteiger partial charge in [-0.15, -0.1) is 0 Å². The molecule has 0 fully saturated rings. The van der Waals surface area contributed by atoms with Crippen LogP contribution in [-0.2, 0) is 5.41 Å². The Morgan fingerprint density at radius 1 is 0.418 bits per heavy atom. The summed E-state index contributed by atoms with van der Waals surface area (Å²) in [6.07, 6.45) is 0. The van der Waals surface area contributed by atoms with Crippen molar-refractivity contribution in [2.75, 3.05) is 4.90 Å². The summed E-state index contributed by atoms with van der Waals surface area (Å²) in [5, 5.41) is 4.47. The number of aromatic nitrogens is 1. The number of fused-ring (bicyclic) bond motifs is 15. The minimum absolute atomic E-state index is 0.425. The maximum atomic E-state index is 6.61. The summed E-state index contributed by atoms with van der Waals surface area (Å²) >= 11 is 0. The third-order valence-electron chi connectivity index (χ3n) is 11.9. The molecule has 1 spiro atoms. The fourth-order valence-corrected chi connectivity index (χ4v) is 9.60. The molecule has 0 aliphatic heterocycles. The van der Waals surface area contributed by atoms with E-state index in [1.165, 1.54) is 44.5 Å². The van der Waals surface area contributed by atoms with E-state index in [-0.39, 0.29) is 0 Å². The van der Waals surface area contributed by atoms with Gasteiger partial charge in [0.2, 0.25) is 5.89 Å². The molecule has 0 saturated carbocycles. The molecule has 1 heterocycles. The largest absolute Gasteiger partial charge is 0.435 e. The molecule has 3 nitrogen and oxygen atoms in total. The number of rotatable bonds is 4. The lowest BCUT2D eigenvalue weighted by molar-refractivity contribution is 0.623. The van der Waals surface area contributed by atoms with Gasteiger partial charge >= 0.3 is 0 Å². The number of oxazole rings is 1. The lowest BCUT2D eigenvalue weighted by Crippen LogP contribution is -2.26. The van der Waals surface area contributed by atoms with Crippen molar-refractivity contribution in [2.24, 2.45) is 0 Å². The zero-order valence-electron chi connectivity index (χ0n) is 29.8. The van der Waals surface area contributed by atoms with E-state index in [2.05, 4.69) is 169 Å². The maximum Gasteiger partial charge on any atom is 0.227 e. The van der Waals surface area contributed by atoms with Crippen LogP contribution in [0.4, 0.5) is 17.1 Å². The number of hydrogen-bond donors (Lipinski definition) is 0. The van der Waals surface area contributed by atoms with E-state index >= 15 is 0 Å². The van der Waals surface area contributed by atoms with Crippen LogP contribution < -0.4 is 4.90 Å². The van der Waals surface area contributed by atoms with E-state index in [1.54, 1.807) is 0 Å². The summed E-state index contributed by atoms with van der Waals surface area (Å²) in [6.45, 7) is 0. The Labute approximate surface area is 318 Å². The van der Waals surface area contributed by atoms with Crippen molar-refractivity contribution in [3.8, 4) is 33.7 Å². The fourth-order valence-electron chi connectivity index (χ4n) is 9.60. The highest BCUT2D eigenvalue weighted by Crippen LogP contribution is 2.63. The van der Waals surface area contributed by atoms with Crippen molar-refractivity contribution in [1.29, 1.82) is 0 Å². The van der Waals surface area contributed by atoms with Crippen LogP contribution in [0.5, 0.6) is 0 Å². The summed E-state index contributed by atoms with van der Waals surface area (Å²) in [5.74, 6) is 0.630. The molecule has 0 bridgehead atoms. The van der Waals surface area contributed by atoms with Gasteiger partial charge in [-0.3, -0.25) is 0 Å². The standard InChI is InChI=1S/C52H32N2O/c1-3-13-35(14-4-1)51-53-48-30-26-34-24-23-33-25-27-37(31-43(33)49(34)50(48)55-51)54(36-15-5-2-6-16-36)38-28-29-42-41-19-9-12-22-46(41)52(47(42)32-38)44-20-10-7-17-39(44)40-18-8-11-21-45(40)52/h1-32H. The first-order valence-electron chi connectivity index (χ1n) is 18.9. The molecule has 12 rings (SSSR count). The van der Waals surface area contributed by atoms with Crippen LogP contribution in [0.25, 0.3) is 66.4 Å². The Bertz CT molecular complexity index is 3100. The molecule has 0 unspecified atom stereocenters. The molecule has 0 atom stereocenters. The van der Waals surface area contributed by atoms with Gasteiger partial charge in [0.25, 0.3) is 0 Å². The average molecular weight is 701 g/mol. The lowest BCUT2D eigenvalue weighted by atomic mass is 9.70. The van der Waals surface area contributed by atoms with E-state index < -0.39 is 5.41 Å². The van der Waals surface area contributed by atoms with Gasteiger partial charge in [-0.05, 0) is 115 Å². The van der Waals surface area contributed by atoms with Crippen molar-refractivity contribution in [3.63, 3.8) is 0 Å². The van der Waals surface area contributed by atoms with Gasteiger partial charge in [0.1, 0.15) is 5.52 Å². The number of anilines is 3. The molecule has 1 aromatic heterocycles. The Kier molecular flexibility index (Phi) is 6.26. The minimum Gasteiger partial charge on any atom is -0.435 e. The monoisotopic (exact) mass is 700 g/mol. The topological polar surface area (TPSA) is 29.3 Å². The second-order valence-corrected chi connectivity index (χ2v) is 14.7. The zero-order valence-corrected chi connectivity index (χ0v) is 29.8. The lowest BCUT2D eigenvalue weighted by Gasteiger charge is -2.32. The van der Waals surface area contributed by atoms with Crippen LogP contribution >= 0.6 is 0 Å². The number of nitrogens with zero attached hydrogens (tertiary/aromatic N) is 2. The highest BCUT2D eigenvalue weighted by Gasteiger charge is 2.51. The first-order valence-corrected chi connectivity index (χ1v) is 18.9. The summed E-state index contributed by atoms with van der Waals surface area (Å²) in [7, 11) is 0. The van der Waals surface area contributed by atoms with Gasteiger partial charge in [0.05, 0.1) is 5.41 Å². The van der Waals surface area contributed by atoms with E-state index in [4.69, 9.17) is 9.40 Å². The Balaban J connectivity index is 1.11. The summed E-state index contributed by atoms with van der Waals surface area (Å²) in [4.78, 5) is 7.33. The van der Waals surface area contributed by atoms with Gasteiger partial charge in [0, 0.05) is 28.0 Å². The SMILES string of the molecule is c1ccc(-c2nc3ccc4ccc5ccc(N(c6ccccc6)c6ccc7c(c6)C6(c8ccccc8-c8ccccc86)c6ccccc6-7)cc5c4c3o2)cc1. The van der Waals surface area contributed by atoms with E-state index in [1.807, 2.05) is 30.3 Å². The van der Waals surface area contributed by atoms with Gasteiger partial charge in [-0.25, -0.2) is 4.98 Å². The molecule has 256 valence electrons. The fraction of sp³-hybridized carbons (Fsp3) is 0.0192. The van der Waals surface area contributed by atoms with E-state index in [0.29, 0.717) is 5.89 Å². The normalized spacial score (nSPS) is 13.2.